The predicted molar refractivity (Wildman–Crippen MR) is 89.6 cm³/mol. The van der Waals surface area contributed by atoms with Crippen molar-refractivity contribution in [3.63, 3.8) is 0 Å². The van der Waals surface area contributed by atoms with E-state index in [9.17, 15) is 8.42 Å². The van der Waals surface area contributed by atoms with Crippen molar-refractivity contribution in [2.24, 2.45) is 0 Å². The minimum Gasteiger partial charge on any atom is -0.368 e. The van der Waals surface area contributed by atoms with Gasteiger partial charge < -0.3 is 5.32 Å². The fraction of sp³-hybridized carbons (Fsp3) is 0.312. The van der Waals surface area contributed by atoms with Crippen LogP contribution in [0.3, 0.4) is 0 Å². The lowest BCUT2D eigenvalue weighted by molar-refractivity contribution is 0.591. The van der Waals surface area contributed by atoms with Crippen molar-refractivity contribution in [3.05, 3.63) is 48.7 Å². The van der Waals surface area contributed by atoms with Crippen LogP contribution in [0.4, 0.5) is 11.5 Å². The first-order valence-corrected chi connectivity index (χ1v) is 8.69. The molecule has 0 aliphatic rings. The monoisotopic (exact) mass is 319 g/mol. The molecule has 0 amide bonds. The lowest BCUT2D eigenvalue weighted by Gasteiger charge is -2.22. The highest BCUT2D eigenvalue weighted by Crippen LogP contribution is 2.23. The van der Waals surface area contributed by atoms with Crippen LogP contribution >= 0.6 is 0 Å². The van der Waals surface area contributed by atoms with E-state index >= 15 is 0 Å². The van der Waals surface area contributed by atoms with Gasteiger partial charge in [0.25, 0.3) is 10.0 Å². The van der Waals surface area contributed by atoms with Gasteiger partial charge in [0.15, 0.2) is 0 Å². The minimum absolute atomic E-state index is 0.188. The van der Waals surface area contributed by atoms with Gasteiger partial charge in [-0.25, -0.2) is 13.4 Å². The van der Waals surface area contributed by atoms with Crippen LogP contribution in [0.2, 0.25) is 0 Å². The normalized spacial score (nSPS) is 11.5. The molecule has 1 aromatic carbocycles. The van der Waals surface area contributed by atoms with Crippen LogP contribution in [0, 0.1) is 0 Å². The molecule has 5 nitrogen and oxygen atoms in total. The average molecular weight is 319 g/mol. The molecule has 0 aliphatic carbocycles. The van der Waals surface area contributed by atoms with Gasteiger partial charge in [-0.3, -0.25) is 4.31 Å². The second kappa shape index (κ2) is 6.79. The van der Waals surface area contributed by atoms with E-state index in [4.69, 9.17) is 0 Å². The van der Waals surface area contributed by atoms with Crippen molar-refractivity contribution in [2.45, 2.75) is 31.7 Å². The van der Waals surface area contributed by atoms with Crippen molar-refractivity contribution < 1.29 is 8.42 Å². The maximum atomic E-state index is 12.8. The molecule has 0 bridgehead atoms. The Balaban J connectivity index is 2.32. The number of nitrogens with zero attached hydrogens (tertiary/aromatic N) is 2. The molecule has 0 radical (unpaired) electrons. The first-order chi connectivity index (χ1) is 10.4. The number of para-hydroxylation sites is 1. The minimum atomic E-state index is -3.61. The summed E-state index contributed by atoms with van der Waals surface area (Å²) in [4.78, 5) is 4.37. The van der Waals surface area contributed by atoms with Crippen LogP contribution in [0.1, 0.15) is 20.8 Å². The Morgan fingerprint density at radius 2 is 1.82 bits per heavy atom. The molecule has 1 N–H and O–H groups in total. The average Bonchev–Trinajstić information content (AvgIpc) is 2.49. The quantitative estimate of drug-likeness (QED) is 0.888. The molecule has 2 aromatic rings. The van der Waals surface area contributed by atoms with Gasteiger partial charge in [-0.2, -0.15) is 0 Å². The van der Waals surface area contributed by atoms with Crippen LogP contribution in [-0.2, 0) is 10.0 Å². The first-order valence-electron chi connectivity index (χ1n) is 7.25. The number of nitrogens with one attached hydrogen (secondary N) is 1. The molecule has 22 heavy (non-hydrogen) atoms. The highest BCUT2D eigenvalue weighted by atomic mass is 32.2. The molecule has 118 valence electrons. The molecule has 6 heteroatoms. The molecule has 0 saturated heterocycles. The Hall–Kier alpha value is -2.08. The van der Waals surface area contributed by atoms with E-state index in [-0.39, 0.29) is 10.9 Å². The summed E-state index contributed by atoms with van der Waals surface area (Å²) in [5.74, 6) is 0.664. The van der Waals surface area contributed by atoms with E-state index in [0.717, 1.165) is 0 Å². The summed E-state index contributed by atoms with van der Waals surface area (Å²) < 4.78 is 26.9. The van der Waals surface area contributed by atoms with Crippen molar-refractivity contribution in [3.8, 4) is 0 Å². The van der Waals surface area contributed by atoms with Crippen molar-refractivity contribution in [1.82, 2.24) is 4.98 Å². The van der Waals surface area contributed by atoms with E-state index in [0.29, 0.717) is 18.1 Å². The number of benzene rings is 1. The van der Waals surface area contributed by atoms with Crippen molar-refractivity contribution >= 4 is 21.5 Å². The van der Waals surface area contributed by atoms with Gasteiger partial charge in [-0.15, -0.1) is 0 Å². The summed E-state index contributed by atoms with van der Waals surface area (Å²) in [5.41, 5.74) is 0.648. The van der Waals surface area contributed by atoms with Gasteiger partial charge in [0, 0.05) is 18.8 Å². The molecule has 1 aromatic heterocycles. The third-order valence-corrected chi connectivity index (χ3v) is 4.98. The van der Waals surface area contributed by atoms with Gasteiger partial charge in [0.2, 0.25) is 0 Å². The summed E-state index contributed by atoms with van der Waals surface area (Å²) in [7, 11) is -3.61. The lowest BCUT2D eigenvalue weighted by Crippen LogP contribution is -2.30. The fourth-order valence-electron chi connectivity index (χ4n) is 2.13. The van der Waals surface area contributed by atoms with Gasteiger partial charge in [-0.1, -0.05) is 18.2 Å². The van der Waals surface area contributed by atoms with Gasteiger partial charge >= 0.3 is 0 Å². The molecule has 2 rings (SSSR count). The second-order valence-corrected chi connectivity index (χ2v) is 7.05. The molecule has 0 aliphatic heterocycles. The molecule has 0 unspecified atom stereocenters. The Morgan fingerprint density at radius 3 is 2.32 bits per heavy atom. The molecule has 0 spiro atoms. The number of anilines is 2. The first kappa shape index (κ1) is 16.3. The SMILES string of the molecule is CCN(c1ccccc1)S(=O)(=O)c1ccc(NC(C)C)nc1. The molecule has 0 saturated carbocycles. The summed E-state index contributed by atoms with van der Waals surface area (Å²) in [6.45, 7) is 6.17. The van der Waals surface area contributed by atoms with E-state index in [2.05, 4.69) is 10.3 Å². The number of sulfonamides is 1. The largest absolute Gasteiger partial charge is 0.368 e. The standard InChI is InChI=1S/C16H21N3O2S/c1-4-19(14-8-6-5-7-9-14)22(20,21)15-10-11-16(17-12-15)18-13(2)3/h5-13H,4H2,1-3H3,(H,17,18). The second-order valence-electron chi connectivity index (χ2n) is 5.18. The molecule has 0 atom stereocenters. The van der Waals surface area contributed by atoms with E-state index in [1.165, 1.54) is 10.5 Å². The number of pyridine rings is 1. The lowest BCUT2D eigenvalue weighted by atomic mass is 10.3. The number of rotatable bonds is 6. The van der Waals surface area contributed by atoms with E-state index < -0.39 is 10.0 Å². The summed E-state index contributed by atoms with van der Waals surface area (Å²) in [5, 5.41) is 3.14. The van der Waals surface area contributed by atoms with Gasteiger partial charge in [0.1, 0.15) is 10.7 Å². The maximum absolute atomic E-state index is 12.8. The van der Waals surface area contributed by atoms with Gasteiger partial charge in [0.05, 0.1) is 5.69 Å². The Bertz CT molecular complexity index is 698. The van der Waals surface area contributed by atoms with Crippen LogP contribution in [0.5, 0.6) is 0 Å². The van der Waals surface area contributed by atoms with Crippen molar-refractivity contribution in [1.29, 1.82) is 0 Å². The van der Waals surface area contributed by atoms with E-state index in [1.54, 1.807) is 24.3 Å². The third-order valence-electron chi connectivity index (χ3n) is 3.09. The van der Waals surface area contributed by atoms with Crippen LogP contribution < -0.4 is 9.62 Å². The number of hydrogen-bond acceptors (Lipinski definition) is 4. The fourth-order valence-corrected chi connectivity index (χ4v) is 3.55. The number of hydrogen-bond donors (Lipinski definition) is 1. The highest BCUT2D eigenvalue weighted by Gasteiger charge is 2.23. The van der Waals surface area contributed by atoms with E-state index in [1.807, 2.05) is 39.0 Å². The maximum Gasteiger partial charge on any atom is 0.265 e. The van der Waals surface area contributed by atoms with Crippen LogP contribution in [-0.4, -0.2) is 26.0 Å². The number of aromatic nitrogens is 1. The van der Waals surface area contributed by atoms with Crippen molar-refractivity contribution in [2.75, 3.05) is 16.2 Å². The Morgan fingerprint density at radius 1 is 1.14 bits per heavy atom. The zero-order valence-electron chi connectivity index (χ0n) is 13.0. The zero-order chi connectivity index (χ0) is 16.2. The summed E-state index contributed by atoms with van der Waals surface area (Å²) >= 11 is 0. The Labute approximate surface area is 132 Å². The smallest absolute Gasteiger partial charge is 0.265 e. The zero-order valence-corrected chi connectivity index (χ0v) is 13.8. The third kappa shape index (κ3) is 3.57. The predicted octanol–water partition coefficient (Wildman–Crippen LogP) is 3.12. The summed E-state index contributed by atoms with van der Waals surface area (Å²) in [6, 6.07) is 12.6. The van der Waals surface area contributed by atoms with Gasteiger partial charge in [-0.05, 0) is 45.0 Å². The molecular formula is C16H21N3O2S. The van der Waals surface area contributed by atoms with Crippen LogP contribution in [0.25, 0.3) is 0 Å². The topological polar surface area (TPSA) is 62.3 Å². The Kier molecular flexibility index (Phi) is 5.03. The summed E-state index contributed by atoms with van der Waals surface area (Å²) in [6.07, 6.45) is 1.39. The molecule has 1 heterocycles. The molecule has 0 fully saturated rings. The molecular weight excluding hydrogens is 298 g/mol. The van der Waals surface area contributed by atoms with Crippen LogP contribution in [0.15, 0.2) is 53.6 Å². The highest BCUT2D eigenvalue weighted by molar-refractivity contribution is 7.92.